The van der Waals surface area contributed by atoms with Gasteiger partial charge in [0.15, 0.2) is 0 Å². The number of carbonyl (C=O) groups is 1. The molecular formula is C18H21N3O. The quantitative estimate of drug-likeness (QED) is 0.853. The molecule has 0 spiro atoms. The second kappa shape index (κ2) is 5.87. The van der Waals surface area contributed by atoms with Crippen molar-refractivity contribution in [2.24, 2.45) is 5.41 Å². The smallest absolute Gasteiger partial charge is 0.256 e. The number of amides is 1. The summed E-state index contributed by atoms with van der Waals surface area (Å²) in [6, 6.07) is 7.47. The zero-order chi connectivity index (χ0) is 15.6. The predicted molar refractivity (Wildman–Crippen MR) is 86.4 cm³/mol. The molecule has 1 amide bonds. The maximum atomic E-state index is 12.9. The van der Waals surface area contributed by atoms with Crippen LogP contribution in [0.4, 0.5) is 0 Å². The fourth-order valence-corrected chi connectivity index (χ4v) is 2.80. The van der Waals surface area contributed by atoms with E-state index in [0.29, 0.717) is 11.0 Å². The molecule has 0 N–H and O–H groups in total. The van der Waals surface area contributed by atoms with Crippen LogP contribution >= 0.6 is 0 Å². The number of pyridine rings is 2. The van der Waals surface area contributed by atoms with E-state index in [9.17, 15) is 4.79 Å². The predicted octanol–water partition coefficient (Wildman–Crippen LogP) is 3.41. The van der Waals surface area contributed by atoms with E-state index in [1.54, 1.807) is 18.6 Å². The van der Waals surface area contributed by atoms with Crippen molar-refractivity contribution in [3.63, 3.8) is 0 Å². The molecule has 4 heteroatoms. The van der Waals surface area contributed by atoms with E-state index in [1.165, 1.54) is 0 Å². The van der Waals surface area contributed by atoms with Crippen molar-refractivity contribution in [1.82, 2.24) is 14.9 Å². The highest BCUT2D eigenvalue weighted by molar-refractivity contribution is 5.99. The fourth-order valence-electron chi connectivity index (χ4n) is 2.80. The van der Waals surface area contributed by atoms with Gasteiger partial charge in [-0.25, -0.2) is 0 Å². The second-order valence-electron chi connectivity index (χ2n) is 6.59. The number of nitrogens with zero attached hydrogens (tertiary/aromatic N) is 3. The molecule has 0 saturated carbocycles. The van der Waals surface area contributed by atoms with Crippen LogP contribution in [0.3, 0.4) is 0 Å². The van der Waals surface area contributed by atoms with Crippen LogP contribution in [0.25, 0.3) is 11.3 Å². The first kappa shape index (κ1) is 14.7. The third kappa shape index (κ3) is 3.01. The van der Waals surface area contributed by atoms with E-state index >= 15 is 0 Å². The molecule has 0 bridgehead atoms. The van der Waals surface area contributed by atoms with Crippen molar-refractivity contribution in [3.8, 4) is 11.3 Å². The number of carbonyl (C=O) groups excluding carboxylic acids is 1. The normalized spacial score (nSPS) is 17.3. The van der Waals surface area contributed by atoms with Crippen LogP contribution in [0.5, 0.6) is 0 Å². The summed E-state index contributed by atoms with van der Waals surface area (Å²) >= 11 is 0. The molecular weight excluding hydrogens is 274 g/mol. The van der Waals surface area contributed by atoms with Gasteiger partial charge in [0.25, 0.3) is 5.91 Å². The van der Waals surface area contributed by atoms with Crippen molar-refractivity contribution in [1.29, 1.82) is 0 Å². The van der Waals surface area contributed by atoms with E-state index < -0.39 is 0 Å². The highest BCUT2D eigenvalue weighted by Crippen LogP contribution is 2.31. The minimum absolute atomic E-state index is 0.0791. The van der Waals surface area contributed by atoms with Gasteiger partial charge in [0.1, 0.15) is 0 Å². The minimum Gasteiger partial charge on any atom is -0.339 e. The molecule has 4 nitrogen and oxygen atoms in total. The van der Waals surface area contributed by atoms with Crippen molar-refractivity contribution < 1.29 is 4.79 Å². The molecule has 0 aromatic carbocycles. The Labute approximate surface area is 131 Å². The summed E-state index contributed by atoms with van der Waals surface area (Å²) in [6.45, 7) is 6.16. The van der Waals surface area contributed by atoms with Crippen LogP contribution in [-0.2, 0) is 0 Å². The SMILES string of the molecule is CC1(C)CCN(C(=O)c2cccnc2-c2ccncc2)CC1. The lowest BCUT2D eigenvalue weighted by Crippen LogP contribution is -2.41. The lowest BCUT2D eigenvalue weighted by atomic mass is 9.82. The first-order valence-electron chi connectivity index (χ1n) is 7.71. The third-order valence-corrected chi connectivity index (χ3v) is 4.40. The van der Waals surface area contributed by atoms with Gasteiger partial charge in [-0.05, 0) is 42.5 Å². The lowest BCUT2D eigenvalue weighted by Gasteiger charge is -2.37. The lowest BCUT2D eigenvalue weighted by molar-refractivity contribution is 0.0630. The standard InChI is InChI=1S/C18H21N3O/c1-18(2)7-12-21(13-8-18)17(22)15-4-3-9-20-16(15)14-5-10-19-11-6-14/h3-6,9-11H,7-8,12-13H2,1-2H3. The summed E-state index contributed by atoms with van der Waals surface area (Å²) < 4.78 is 0. The minimum atomic E-state index is 0.0791. The van der Waals surface area contributed by atoms with Gasteiger partial charge in [0.2, 0.25) is 0 Å². The summed E-state index contributed by atoms with van der Waals surface area (Å²) in [5.41, 5.74) is 2.67. The first-order chi connectivity index (χ1) is 10.6. The van der Waals surface area contributed by atoms with Crippen molar-refractivity contribution >= 4 is 5.91 Å². The van der Waals surface area contributed by atoms with E-state index in [0.717, 1.165) is 37.2 Å². The summed E-state index contributed by atoms with van der Waals surface area (Å²) in [5.74, 6) is 0.0791. The van der Waals surface area contributed by atoms with Crippen LogP contribution in [0.2, 0.25) is 0 Å². The Kier molecular flexibility index (Phi) is 3.92. The summed E-state index contributed by atoms with van der Waals surface area (Å²) in [6.07, 6.45) is 7.27. The maximum Gasteiger partial charge on any atom is 0.256 e. The summed E-state index contributed by atoms with van der Waals surface area (Å²) in [5, 5.41) is 0. The maximum absolute atomic E-state index is 12.9. The van der Waals surface area contributed by atoms with E-state index in [4.69, 9.17) is 0 Å². The molecule has 114 valence electrons. The number of hydrogen-bond acceptors (Lipinski definition) is 3. The Morgan fingerprint density at radius 1 is 1.09 bits per heavy atom. The number of rotatable bonds is 2. The zero-order valence-corrected chi connectivity index (χ0v) is 13.1. The van der Waals surface area contributed by atoms with Crippen LogP contribution in [0.1, 0.15) is 37.0 Å². The van der Waals surface area contributed by atoms with Gasteiger partial charge in [0, 0.05) is 37.2 Å². The van der Waals surface area contributed by atoms with Gasteiger partial charge in [-0.2, -0.15) is 0 Å². The number of aromatic nitrogens is 2. The molecule has 2 aromatic heterocycles. The van der Waals surface area contributed by atoms with E-state index in [2.05, 4.69) is 23.8 Å². The monoisotopic (exact) mass is 295 g/mol. The Bertz CT molecular complexity index is 657. The molecule has 1 aliphatic rings. The highest BCUT2D eigenvalue weighted by atomic mass is 16.2. The fraction of sp³-hybridized carbons (Fsp3) is 0.389. The topological polar surface area (TPSA) is 46.1 Å². The van der Waals surface area contributed by atoms with Gasteiger partial charge in [-0.1, -0.05) is 13.8 Å². The number of piperidine rings is 1. The van der Waals surface area contributed by atoms with Gasteiger partial charge in [-0.3, -0.25) is 14.8 Å². The average molecular weight is 295 g/mol. The molecule has 3 heterocycles. The highest BCUT2D eigenvalue weighted by Gasteiger charge is 2.29. The van der Waals surface area contributed by atoms with Crippen molar-refractivity contribution in [2.45, 2.75) is 26.7 Å². The molecule has 0 atom stereocenters. The molecule has 1 saturated heterocycles. The summed E-state index contributed by atoms with van der Waals surface area (Å²) in [7, 11) is 0. The van der Waals surface area contributed by atoms with Crippen molar-refractivity contribution in [3.05, 3.63) is 48.4 Å². The first-order valence-corrected chi connectivity index (χ1v) is 7.71. The van der Waals surface area contributed by atoms with E-state index in [-0.39, 0.29) is 5.91 Å². The molecule has 2 aromatic rings. The van der Waals surface area contributed by atoms with Gasteiger partial charge < -0.3 is 4.90 Å². The van der Waals surface area contributed by atoms with Gasteiger partial charge >= 0.3 is 0 Å². The number of likely N-dealkylation sites (tertiary alicyclic amines) is 1. The molecule has 0 unspecified atom stereocenters. The van der Waals surface area contributed by atoms with Gasteiger partial charge in [0.05, 0.1) is 11.3 Å². The van der Waals surface area contributed by atoms with Crippen molar-refractivity contribution in [2.75, 3.05) is 13.1 Å². The Balaban J connectivity index is 1.88. The zero-order valence-electron chi connectivity index (χ0n) is 13.1. The number of hydrogen-bond donors (Lipinski definition) is 0. The third-order valence-electron chi connectivity index (χ3n) is 4.40. The Morgan fingerprint density at radius 2 is 1.77 bits per heavy atom. The molecule has 1 aliphatic heterocycles. The molecule has 3 rings (SSSR count). The van der Waals surface area contributed by atoms with Crippen LogP contribution in [0.15, 0.2) is 42.9 Å². The molecule has 1 fully saturated rings. The average Bonchev–Trinajstić information content (AvgIpc) is 2.55. The van der Waals surface area contributed by atoms with Crippen LogP contribution in [0, 0.1) is 5.41 Å². The largest absolute Gasteiger partial charge is 0.339 e. The molecule has 0 aliphatic carbocycles. The van der Waals surface area contributed by atoms with Crippen LogP contribution < -0.4 is 0 Å². The Morgan fingerprint density at radius 3 is 2.45 bits per heavy atom. The molecule has 22 heavy (non-hydrogen) atoms. The molecule has 0 radical (unpaired) electrons. The van der Waals surface area contributed by atoms with Crippen LogP contribution in [-0.4, -0.2) is 33.9 Å². The van der Waals surface area contributed by atoms with Gasteiger partial charge in [-0.15, -0.1) is 0 Å². The summed E-state index contributed by atoms with van der Waals surface area (Å²) in [4.78, 5) is 23.3. The van der Waals surface area contributed by atoms with E-state index in [1.807, 2.05) is 29.2 Å². The second-order valence-corrected chi connectivity index (χ2v) is 6.59. The Hall–Kier alpha value is -2.23.